The third-order valence-electron chi connectivity index (χ3n) is 2.68. The molecule has 104 valence electrons. The molecule has 2 rings (SSSR count). The number of hydrogen-bond donors (Lipinski definition) is 0. The van der Waals surface area contributed by atoms with Gasteiger partial charge in [0.15, 0.2) is 17.4 Å². The van der Waals surface area contributed by atoms with Crippen LogP contribution < -0.4 is 4.74 Å². The molecule has 0 saturated heterocycles. The molecule has 0 spiro atoms. The van der Waals surface area contributed by atoms with Crippen LogP contribution in [0.15, 0.2) is 36.4 Å². The van der Waals surface area contributed by atoms with E-state index in [1.807, 2.05) is 6.92 Å². The molecular weight excluding hydrogens is 286 g/mol. The van der Waals surface area contributed by atoms with Gasteiger partial charge in [-0.1, -0.05) is 11.6 Å². The standard InChI is InChI=1S/C15H11ClF2O2/c1-2-20-10-5-3-9(4-6-10)15(19)11-7-13(17)14(18)8-12(11)16/h3-8H,2H2,1H3. The minimum atomic E-state index is -1.11. The van der Waals surface area contributed by atoms with Gasteiger partial charge in [-0.05, 0) is 43.3 Å². The van der Waals surface area contributed by atoms with Crippen LogP contribution in [0.25, 0.3) is 0 Å². The first-order valence-corrected chi connectivity index (χ1v) is 6.33. The molecule has 0 amide bonds. The van der Waals surface area contributed by atoms with Gasteiger partial charge in [0.2, 0.25) is 0 Å². The van der Waals surface area contributed by atoms with Crippen LogP contribution in [0.3, 0.4) is 0 Å². The molecule has 20 heavy (non-hydrogen) atoms. The average Bonchev–Trinajstić information content (AvgIpc) is 2.43. The lowest BCUT2D eigenvalue weighted by molar-refractivity contribution is 0.103. The topological polar surface area (TPSA) is 26.3 Å². The first-order valence-electron chi connectivity index (χ1n) is 5.95. The number of benzene rings is 2. The highest BCUT2D eigenvalue weighted by molar-refractivity contribution is 6.35. The van der Waals surface area contributed by atoms with Crippen molar-refractivity contribution in [1.82, 2.24) is 0 Å². The Hall–Kier alpha value is -1.94. The van der Waals surface area contributed by atoms with E-state index in [4.69, 9.17) is 16.3 Å². The highest BCUT2D eigenvalue weighted by atomic mass is 35.5. The molecule has 0 radical (unpaired) electrons. The summed E-state index contributed by atoms with van der Waals surface area (Å²) in [4.78, 5) is 12.2. The molecule has 0 aliphatic carbocycles. The molecule has 0 atom stereocenters. The number of ether oxygens (including phenoxy) is 1. The Balaban J connectivity index is 2.33. The van der Waals surface area contributed by atoms with Gasteiger partial charge in [-0.15, -0.1) is 0 Å². The first kappa shape index (κ1) is 14.5. The Bertz CT molecular complexity index is 639. The predicted molar refractivity (Wildman–Crippen MR) is 72.4 cm³/mol. The van der Waals surface area contributed by atoms with E-state index < -0.39 is 17.4 Å². The maximum Gasteiger partial charge on any atom is 0.194 e. The minimum absolute atomic E-state index is 0.0743. The van der Waals surface area contributed by atoms with Gasteiger partial charge in [0, 0.05) is 11.1 Å². The van der Waals surface area contributed by atoms with Crippen molar-refractivity contribution in [2.45, 2.75) is 6.92 Å². The Morgan fingerprint density at radius 2 is 1.75 bits per heavy atom. The number of carbonyl (C=O) groups is 1. The smallest absolute Gasteiger partial charge is 0.194 e. The fourth-order valence-corrected chi connectivity index (χ4v) is 1.96. The monoisotopic (exact) mass is 296 g/mol. The number of halogens is 3. The molecule has 0 N–H and O–H groups in total. The number of rotatable bonds is 4. The predicted octanol–water partition coefficient (Wildman–Crippen LogP) is 4.25. The van der Waals surface area contributed by atoms with Crippen molar-refractivity contribution in [1.29, 1.82) is 0 Å². The van der Waals surface area contributed by atoms with Crippen LogP contribution in [0.2, 0.25) is 5.02 Å². The van der Waals surface area contributed by atoms with Crippen LogP contribution in [-0.4, -0.2) is 12.4 Å². The normalized spacial score (nSPS) is 10.4. The molecule has 0 unspecified atom stereocenters. The molecule has 0 aliphatic rings. The van der Waals surface area contributed by atoms with E-state index in [0.29, 0.717) is 17.9 Å². The first-order chi connectivity index (χ1) is 9.52. The Labute approximate surface area is 119 Å². The van der Waals surface area contributed by atoms with E-state index in [0.717, 1.165) is 12.1 Å². The Morgan fingerprint density at radius 3 is 2.35 bits per heavy atom. The summed E-state index contributed by atoms with van der Waals surface area (Å²) in [5.74, 6) is -2.04. The highest BCUT2D eigenvalue weighted by Gasteiger charge is 2.16. The zero-order chi connectivity index (χ0) is 14.7. The van der Waals surface area contributed by atoms with Crippen molar-refractivity contribution < 1.29 is 18.3 Å². The molecule has 0 aliphatic heterocycles. The minimum Gasteiger partial charge on any atom is -0.494 e. The second-order valence-corrected chi connectivity index (χ2v) is 4.44. The van der Waals surface area contributed by atoms with Gasteiger partial charge >= 0.3 is 0 Å². The summed E-state index contributed by atoms with van der Waals surface area (Å²) in [7, 11) is 0. The molecule has 0 aromatic heterocycles. The van der Waals surface area contributed by atoms with E-state index in [1.54, 1.807) is 24.3 Å². The number of carbonyl (C=O) groups excluding carboxylic acids is 1. The average molecular weight is 297 g/mol. The SMILES string of the molecule is CCOc1ccc(C(=O)c2cc(F)c(F)cc2Cl)cc1. The summed E-state index contributed by atoms with van der Waals surface area (Å²) in [5.41, 5.74) is 0.246. The largest absolute Gasteiger partial charge is 0.494 e. The van der Waals surface area contributed by atoms with E-state index in [1.165, 1.54) is 0 Å². The number of hydrogen-bond acceptors (Lipinski definition) is 2. The van der Waals surface area contributed by atoms with Crippen molar-refractivity contribution in [3.63, 3.8) is 0 Å². The summed E-state index contributed by atoms with van der Waals surface area (Å²) < 4.78 is 31.4. The summed E-state index contributed by atoms with van der Waals surface area (Å²) in [6.45, 7) is 2.36. The fraction of sp³-hybridized carbons (Fsp3) is 0.133. The molecule has 0 fully saturated rings. The van der Waals surface area contributed by atoms with Crippen molar-refractivity contribution in [3.8, 4) is 5.75 Å². The van der Waals surface area contributed by atoms with Gasteiger partial charge in [0.1, 0.15) is 5.75 Å². The lowest BCUT2D eigenvalue weighted by Crippen LogP contribution is -2.04. The van der Waals surface area contributed by atoms with Gasteiger partial charge in [0.25, 0.3) is 0 Å². The fourth-order valence-electron chi connectivity index (χ4n) is 1.72. The van der Waals surface area contributed by atoms with Gasteiger partial charge in [0.05, 0.1) is 11.6 Å². The molecule has 2 aromatic rings. The van der Waals surface area contributed by atoms with E-state index in [-0.39, 0.29) is 10.6 Å². The van der Waals surface area contributed by atoms with Crippen molar-refractivity contribution in [3.05, 3.63) is 64.2 Å². The Kier molecular flexibility index (Phi) is 4.35. The lowest BCUT2D eigenvalue weighted by atomic mass is 10.0. The van der Waals surface area contributed by atoms with E-state index >= 15 is 0 Å². The number of ketones is 1. The molecule has 0 bridgehead atoms. The maximum atomic E-state index is 13.2. The molecule has 0 heterocycles. The van der Waals surface area contributed by atoms with Crippen LogP contribution in [0.5, 0.6) is 5.75 Å². The summed E-state index contributed by atoms with van der Waals surface area (Å²) in [6.07, 6.45) is 0. The van der Waals surface area contributed by atoms with Gasteiger partial charge in [-0.3, -0.25) is 4.79 Å². The van der Waals surface area contributed by atoms with Crippen molar-refractivity contribution >= 4 is 17.4 Å². The molecular formula is C15H11ClF2O2. The zero-order valence-electron chi connectivity index (χ0n) is 10.6. The summed E-state index contributed by atoms with van der Waals surface area (Å²) in [6, 6.07) is 7.94. The summed E-state index contributed by atoms with van der Waals surface area (Å²) in [5, 5.41) is -0.122. The van der Waals surface area contributed by atoms with Gasteiger partial charge in [-0.25, -0.2) is 8.78 Å². The third kappa shape index (κ3) is 2.96. The van der Waals surface area contributed by atoms with Crippen molar-refractivity contribution in [2.24, 2.45) is 0 Å². The molecule has 0 saturated carbocycles. The molecule has 5 heteroatoms. The lowest BCUT2D eigenvalue weighted by Gasteiger charge is -2.06. The van der Waals surface area contributed by atoms with Crippen molar-refractivity contribution in [2.75, 3.05) is 6.61 Å². The summed E-state index contributed by atoms with van der Waals surface area (Å²) >= 11 is 5.78. The van der Waals surface area contributed by atoms with Crippen LogP contribution >= 0.6 is 11.6 Å². The zero-order valence-corrected chi connectivity index (χ0v) is 11.4. The second-order valence-electron chi connectivity index (χ2n) is 4.03. The second kappa shape index (κ2) is 6.01. The molecule has 2 aromatic carbocycles. The highest BCUT2D eigenvalue weighted by Crippen LogP contribution is 2.23. The van der Waals surface area contributed by atoms with Crippen LogP contribution in [0.1, 0.15) is 22.8 Å². The Morgan fingerprint density at radius 1 is 1.15 bits per heavy atom. The van der Waals surface area contributed by atoms with E-state index in [9.17, 15) is 13.6 Å². The quantitative estimate of drug-likeness (QED) is 0.623. The van der Waals surface area contributed by atoms with E-state index in [2.05, 4.69) is 0 Å². The third-order valence-corrected chi connectivity index (χ3v) is 2.99. The molecule has 2 nitrogen and oxygen atoms in total. The maximum absolute atomic E-state index is 13.2. The van der Waals surface area contributed by atoms with Crippen LogP contribution in [-0.2, 0) is 0 Å². The van der Waals surface area contributed by atoms with Crippen LogP contribution in [0, 0.1) is 11.6 Å². The van der Waals surface area contributed by atoms with Gasteiger partial charge in [-0.2, -0.15) is 0 Å². The van der Waals surface area contributed by atoms with Gasteiger partial charge < -0.3 is 4.74 Å². The van der Waals surface area contributed by atoms with Crippen LogP contribution in [0.4, 0.5) is 8.78 Å².